The second-order valence-electron chi connectivity index (χ2n) is 16.8. The zero-order chi connectivity index (χ0) is 36.2. The molecule has 10 rings (SSSR count). The molecule has 0 aliphatic heterocycles. The summed E-state index contributed by atoms with van der Waals surface area (Å²) in [6.45, 7) is 14.2. The highest BCUT2D eigenvalue weighted by Crippen LogP contribution is 2.53. The summed E-state index contributed by atoms with van der Waals surface area (Å²) in [5.74, 6) is 0.522. The van der Waals surface area contributed by atoms with Gasteiger partial charge in [0.25, 0.3) is 0 Å². The number of benzene rings is 8. The maximum absolute atomic E-state index is 2.46. The summed E-state index contributed by atoms with van der Waals surface area (Å²) in [5, 5.41) is 5.08. The average Bonchev–Trinajstić information content (AvgIpc) is 3.55. The van der Waals surface area contributed by atoms with Gasteiger partial charge < -0.3 is 0 Å². The Morgan fingerprint density at radius 3 is 1.08 bits per heavy atom. The molecule has 0 heterocycles. The molecule has 53 heavy (non-hydrogen) atoms. The van der Waals surface area contributed by atoms with Crippen LogP contribution in [0.3, 0.4) is 0 Å². The first-order valence-corrected chi connectivity index (χ1v) is 19.2. The van der Waals surface area contributed by atoms with Crippen LogP contribution in [0.25, 0.3) is 77.2 Å². The monoisotopic (exact) mass is 680 g/mol. The van der Waals surface area contributed by atoms with Crippen LogP contribution >= 0.6 is 0 Å². The van der Waals surface area contributed by atoms with Crippen molar-refractivity contribution in [1.29, 1.82) is 0 Å². The van der Waals surface area contributed by atoms with E-state index in [1.165, 1.54) is 105 Å². The lowest BCUT2D eigenvalue weighted by atomic mass is 9.79. The van der Waals surface area contributed by atoms with Crippen LogP contribution in [0.5, 0.6) is 0 Å². The topological polar surface area (TPSA) is 0 Å². The highest BCUT2D eigenvalue weighted by atomic mass is 14.4. The summed E-state index contributed by atoms with van der Waals surface area (Å²) < 4.78 is 0. The second kappa shape index (κ2) is 11.4. The van der Waals surface area contributed by atoms with Gasteiger partial charge in [-0.1, -0.05) is 157 Å². The van der Waals surface area contributed by atoms with Gasteiger partial charge in [0.1, 0.15) is 0 Å². The Kier molecular flexibility index (Phi) is 6.87. The van der Waals surface area contributed by atoms with Crippen molar-refractivity contribution in [2.24, 2.45) is 0 Å². The third-order valence-electron chi connectivity index (χ3n) is 12.6. The van der Waals surface area contributed by atoms with E-state index in [-0.39, 0.29) is 10.8 Å². The molecule has 0 N–H and O–H groups in total. The Morgan fingerprint density at radius 1 is 0.321 bits per heavy atom. The third kappa shape index (κ3) is 4.89. The van der Waals surface area contributed by atoms with Gasteiger partial charge in [-0.15, -0.1) is 0 Å². The molecule has 0 atom stereocenters. The van der Waals surface area contributed by atoms with Gasteiger partial charge in [0, 0.05) is 10.8 Å². The van der Waals surface area contributed by atoms with Crippen LogP contribution in [0.2, 0.25) is 0 Å². The van der Waals surface area contributed by atoms with Crippen molar-refractivity contribution >= 4 is 21.5 Å². The molecule has 0 fully saturated rings. The van der Waals surface area contributed by atoms with Gasteiger partial charge in [-0.2, -0.15) is 0 Å². The predicted octanol–water partition coefficient (Wildman–Crippen LogP) is 14.7. The number of rotatable bonds is 4. The summed E-state index contributed by atoms with van der Waals surface area (Å²) in [5.41, 5.74) is 20.1. The average molecular weight is 681 g/mol. The molecule has 0 saturated carbocycles. The maximum Gasteiger partial charge on any atom is 0.0159 e. The highest BCUT2D eigenvalue weighted by molar-refractivity contribution is 5.94. The summed E-state index contributed by atoms with van der Waals surface area (Å²) in [4.78, 5) is 0. The van der Waals surface area contributed by atoms with Gasteiger partial charge >= 0.3 is 0 Å². The Morgan fingerprint density at radius 2 is 0.642 bits per heavy atom. The van der Waals surface area contributed by atoms with E-state index in [1.54, 1.807) is 0 Å². The Labute approximate surface area is 313 Å². The van der Waals surface area contributed by atoms with E-state index in [1.807, 2.05) is 0 Å². The van der Waals surface area contributed by atoms with E-state index in [2.05, 4.69) is 193 Å². The first kappa shape index (κ1) is 32.0. The second-order valence-corrected chi connectivity index (χ2v) is 16.8. The van der Waals surface area contributed by atoms with Crippen LogP contribution in [0.1, 0.15) is 75.3 Å². The molecule has 2 aliphatic rings. The molecule has 0 radical (unpaired) electrons. The van der Waals surface area contributed by atoms with Crippen LogP contribution < -0.4 is 0 Å². The fraction of sp³-hybridized carbons (Fsp3) is 0.170. The molecule has 0 unspecified atom stereocenters. The minimum absolute atomic E-state index is 0.0313. The van der Waals surface area contributed by atoms with Crippen molar-refractivity contribution in [2.75, 3.05) is 0 Å². The fourth-order valence-corrected chi connectivity index (χ4v) is 9.36. The molecule has 0 amide bonds. The number of hydrogen-bond donors (Lipinski definition) is 0. The van der Waals surface area contributed by atoms with Gasteiger partial charge in [0.15, 0.2) is 0 Å². The van der Waals surface area contributed by atoms with Crippen LogP contribution in [-0.4, -0.2) is 0 Å². The molecule has 0 spiro atoms. The summed E-state index contributed by atoms with van der Waals surface area (Å²) in [6.07, 6.45) is 0. The molecule has 2 aliphatic carbocycles. The third-order valence-corrected chi connectivity index (χ3v) is 12.6. The van der Waals surface area contributed by atoms with Crippen molar-refractivity contribution in [3.8, 4) is 55.6 Å². The zero-order valence-corrected chi connectivity index (χ0v) is 31.5. The summed E-state index contributed by atoms with van der Waals surface area (Å²) in [7, 11) is 0. The van der Waals surface area contributed by atoms with Gasteiger partial charge in [-0.3, -0.25) is 0 Å². The van der Waals surface area contributed by atoms with Gasteiger partial charge in [0.2, 0.25) is 0 Å². The van der Waals surface area contributed by atoms with E-state index in [0.717, 1.165) is 0 Å². The lowest BCUT2D eigenvalue weighted by molar-refractivity contribution is 0.658. The Bertz CT molecular complexity index is 2800. The van der Waals surface area contributed by atoms with E-state index < -0.39 is 0 Å². The van der Waals surface area contributed by atoms with E-state index in [0.29, 0.717) is 5.92 Å². The van der Waals surface area contributed by atoms with Gasteiger partial charge in [-0.05, 0) is 147 Å². The standard InChI is InChI=1S/C53H44/c1-32(2)34-17-21-44-45-23-19-42(30-50(45)52(3,4)48(44)28-34)43-20-24-47-46-22-18-41(29-49(46)53(5,6)51(47)31-43)40-16-15-38-26-37(13-14-39(38)27-40)36-12-11-33-9-7-8-10-35(33)25-36/h7-32H,1-6H3. The van der Waals surface area contributed by atoms with E-state index in [9.17, 15) is 0 Å². The SMILES string of the molecule is CC(C)c1ccc2c(c1)C(C)(C)c1cc(-c3ccc4c(c3)C(C)(C)c3cc(-c5ccc6cc(-c7ccc8ccccc8c7)ccc6c5)ccc3-4)ccc1-2. The molecule has 0 heteroatoms. The normalized spacial score (nSPS) is 14.7. The molecule has 8 aromatic rings. The lowest BCUT2D eigenvalue weighted by Gasteiger charge is -2.24. The van der Waals surface area contributed by atoms with Crippen LogP contribution in [0.15, 0.2) is 152 Å². The summed E-state index contributed by atoms with van der Waals surface area (Å²) in [6, 6.07) is 57.7. The van der Waals surface area contributed by atoms with Crippen molar-refractivity contribution in [3.63, 3.8) is 0 Å². The highest BCUT2D eigenvalue weighted by Gasteiger charge is 2.38. The number of hydrogen-bond acceptors (Lipinski definition) is 0. The minimum atomic E-state index is -0.109. The van der Waals surface area contributed by atoms with E-state index >= 15 is 0 Å². The fourth-order valence-electron chi connectivity index (χ4n) is 9.36. The van der Waals surface area contributed by atoms with Gasteiger partial charge in [-0.25, -0.2) is 0 Å². The largest absolute Gasteiger partial charge is 0.0616 e. The van der Waals surface area contributed by atoms with Crippen molar-refractivity contribution in [3.05, 3.63) is 179 Å². The van der Waals surface area contributed by atoms with Crippen LogP contribution in [0.4, 0.5) is 0 Å². The molecule has 0 nitrogen and oxygen atoms in total. The minimum Gasteiger partial charge on any atom is -0.0616 e. The maximum atomic E-state index is 2.46. The van der Waals surface area contributed by atoms with Gasteiger partial charge in [0.05, 0.1) is 0 Å². The first-order valence-electron chi connectivity index (χ1n) is 19.2. The van der Waals surface area contributed by atoms with Crippen molar-refractivity contribution in [2.45, 2.75) is 58.3 Å². The first-order chi connectivity index (χ1) is 25.6. The predicted molar refractivity (Wildman–Crippen MR) is 227 cm³/mol. The number of fused-ring (bicyclic) bond motifs is 8. The Hall–Kier alpha value is -5.72. The molecule has 0 saturated heterocycles. The molecular weight excluding hydrogens is 637 g/mol. The molecule has 0 bridgehead atoms. The Balaban J connectivity index is 0.965. The van der Waals surface area contributed by atoms with Crippen LogP contribution in [0, 0.1) is 0 Å². The van der Waals surface area contributed by atoms with E-state index in [4.69, 9.17) is 0 Å². The quantitative estimate of drug-likeness (QED) is 0.174. The smallest absolute Gasteiger partial charge is 0.0159 e. The van der Waals surface area contributed by atoms with Crippen LogP contribution in [-0.2, 0) is 10.8 Å². The summed E-state index contributed by atoms with van der Waals surface area (Å²) >= 11 is 0. The van der Waals surface area contributed by atoms with Crippen molar-refractivity contribution < 1.29 is 0 Å². The molecule has 8 aromatic carbocycles. The molecule has 256 valence electrons. The molecular formula is C53H44. The molecule has 0 aromatic heterocycles. The van der Waals surface area contributed by atoms with Crippen molar-refractivity contribution in [1.82, 2.24) is 0 Å². The lowest BCUT2D eigenvalue weighted by Crippen LogP contribution is -2.16. The zero-order valence-electron chi connectivity index (χ0n) is 31.5.